The summed E-state index contributed by atoms with van der Waals surface area (Å²) >= 11 is 0. The molecule has 1 aromatic rings. The smallest absolute Gasteiger partial charge is 0.0366 e. The Morgan fingerprint density at radius 3 is 2.32 bits per heavy atom. The Labute approximate surface area is 120 Å². The van der Waals surface area contributed by atoms with Gasteiger partial charge in [0.1, 0.15) is 0 Å². The van der Waals surface area contributed by atoms with Gasteiger partial charge in [-0.1, -0.05) is 41.4 Å². The summed E-state index contributed by atoms with van der Waals surface area (Å²) in [7, 11) is 2.54. The molecule has 1 aromatic carbocycles. The minimum atomic E-state index is 0.688. The molecule has 1 saturated heterocycles. The van der Waals surface area contributed by atoms with Gasteiger partial charge in [-0.05, 0) is 25.0 Å². The summed E-state index contributed by atoms with van der Waals surface area (Å²) in [5, 5.41) is 6.68. The lowest BCUT2D eigenvalue weighted by molar-refractivity contribution is 0.418. The lowest BCUT2D eigenvalue weighted by atomic mass is 10.0. The van der Waals surface area contributed by atoms with Crippen molar-refractivity contribution in [3.8, 4) is 0 Å². The van der Waals surface area contributed by atoms with Crippen LogP contribution in [0.2, 0.25) is 0 Å². The lowest BCUT2D eigenvalue weighted by Crippen LogP contribution is -2.43. The maximum atomic E-state index is 3.59. The predicted molar refractivity (Wildman–Crippen MR) is 88.7 cm³/mol. The first-order chi connectivity index (χ1) is 9.40. The molecule has 1 heterocycles. The number of hydrogen-bond donors (Lipinski definition) is 2. The van der Waals surface area contributed by atoms with Gasteiger partial charge in [0.15, 0.2) is 0 Å². The molecule has 2 rings (SSSR count). The molecule has 2 N–H and O–H groups in total. The topological polar surface area (TPSA) is 27.3 Å². The number of hydrogen-bond acceptors (Lipinski definition) is 3. The van der Waals surface area contributed by atoms with Gasteiger partial charge in [0.25, 0.3) is 0 Å². The van der Waals surface area contributed by atoms with Gasteiger partial charge in [0.2, 0.25) is 0 Å². The van der Waals surface area contributed by atoms with Crippen LogP contribution in [0.4, 0.5) is 5.69 Å². The molecule has 1 aliphatic rings. The van der Waals surface area contributed by atoms with Crippen LogP contribution in [-0.4, -0.2) is 32.2 Å². The molecule has 108 valence electrons. The van der Waals surface area contributed by atoms with Crippen molar-refractivity contribution in [1.82, 2.24) is 10.4 Å². The van der Waals surface area contributed by atoms with Gasteiger partial charge in [-0.3, -0.25) is 5.09 Å². The second-order valence-electron chi connectivity index (χ2n) is 4.51. The molecular formula is C15H28N3P. The van der Waals surface area contributed by atoms with Crippen LogP contribution in [0.25, 0.3) is 0 Å². The normalized spacial score (nSPS) is 15.8. The molecule has 0 saturated carbocycles. The Morgan fingerprint density at radius 1 is 1.11 bits per heavy atom. The fourth-order valence-corrected chi connectivity index (χ4v) is 2.47. The maximum absolute atomic E-state index is 3.59. The van der Waals surface area contributed by atoms with E-state index in [4.69, 9.17) is 0 Å². The Hall–Kier alpha value is -0.630. The number of benzene rings is 1. The van der Waals surface area contributed by atoms with Gasteiger partial charge in [-0.15, -0.1) is 0 Å². The second-order valence-corrected chi connectivity index (χ2v) is 4.91. The van der Waals surface area contributed by atoms with E-state index in [-0.39, 0.29) is 0 Å². The molecule has 0 spiro atoms. The average Bonchev–Trinajstić information content (AvgIpc) is 2.51. The van der Waals surface area contributed by atoms with E-state index in [0.717, 1.165) is 26.2 Å². The molecule has 1 unspecified atom stereocenters. The first kappa shape index (κ1) is 16.4. The summed E-state index contributed by atoms with van der Waals surface area (Å²) in [6.07, 6.45) is 2.48. The van der Waals surface area contributed by atoms with Gasteiger partial charge >= 0.3 is 0 Å². The fourth-order valence-electron chi connectivity index (χ4n) is 2.33. The highest BCUT2D eigenvalue weighted by Gasteiger charge is 2.18. The Bertz CT molecular complexity index is 310. The minimum Gasteiger partial charge on any atom is -0.371 e. The average molecular weight is 281 g/mol. The highest BCUT2D eigenvalue weighted by atomic mass is 31.0. The molecule has 1 atom stereocenters. The molecular weight excluding hydrogens is 253 g/mol. The molecule has 0 aromatic heterocycles. The Kier molecular flexibility index (Phi) is 8.81. The standard InChI is InChI=1S/C13H22N3P.C2H6/c17-15-9-8-14-12-6-10-16(11-7-12)13-4-2-1-3-5-13;1-2/h1-5,12,14-15H,6-11,17H2;1-2H3. The van der Waals surface area contributed by atoms with E-state index in [1.165, 1.54) is 18.5 Å². The van der Waals surface area contributed by atoms with Crippen LogP contribution in [-0.2, 0) is 0 Å². The number of para-hydroxylation sites is 1. The van der Waals surface area contributed by atoms with Crippen LogP contribution >= 0.6 is 9.39 Å². The molecule has 1 aliphatic heterocycles. The van der Waals surface area contributed by atoms with Crippen LogP contribution in [0.15, 0.2) is 30.3 Å². The third kappa shape index (κ3) is 5.90. The minimum absolute atomic E-state index is 0.688. The molecule has 0 radical (unpaired) electrons. The number of anilines is 1. The van der Waals surface area contributed by atoms with Gasteiger partial charge in [0, 0.05) is 37.9 Å². The monoisotopic (exact) mass is 281 g/mol. The maximum Gasteiger partial charge on any atom is 0.0366 e. The summed E-state index contributed by atoms with van der Waals surface area (Å²) in [6.45, 7) is 8.40. The van der Waals surface area contributed by atoms with Crippen molar-refractivity contribution in [2.75, 3.05) is 31.1 Å². The molecule has 1 fully saturated rings. The van der Waals surface area contributed by atoms with E-state index >= 15 is 0 Å². The van der Waals surface area contributed by atoms with Crippen molar-refractivity contribution >= 4 is 15.1 Å². The van der Waals surface area contributed by atoms with Crippen molar-refractivity contribution < 1.29 is 0 Å². The van der Waals surface area contributed by atoms with Gasteiger partial charge in [-0.2, -0.15) is 0 Å². The van der Waals surface area contributed by atoms with Crippen LogP contribution in [0, 0.1) is 0 Å². The van der Waals surface area contributed by atoms with Crippen LogP contribution in [0.5, 0.6) is 0 Å². The predicted octanol–water partition coefficient (Wildman–Crippen LogP) is 2.65. The molecule has 0 bridgehead atoms. The number of rotatable bonds is 5. The molecule has 3 nitrogen and oxygen atoms in total. The van der Waals surface area contributed by atoms with Crippen LogP contribution in [0.3, 0.4) is 0 Å². The molecule has 19 heavy (non-hydrogen) atoms. The van der Waals surface area contributed by atoms with Crippen LogP contribution < -0.4 is 15.3 Å². The van der Waals surface area contributed by atoms with Crippen molar-refractivity contribution in [2.24, 2.45) is 0 Å². The van der Waals surface area contributed by atoms with Gasteiger partial charge in [-0.25, -0.2) is 0 Å². The third-order valence-electron chi connectivity index (χ3n) is 3.32. The highest BCUT2D eigenvalue weighted by Crippen LogP contribution is 2.19. The zero-order valence-electron chi connectivity index (χ0n) is 12.2. The van der Waals surface area contributed by atoms with Gasteiger partial charge in [0.05, 0.1) is 0 Å². The number of nitrogens with one attached hydrogen (secondary N) is 2. The van der Waals surface area contributed by atoms with E-state index in [2.05, 4.69) is 55.0 Å². The Morgan fingerprint density at radius 2 is 1.74 bits per heavy atom. The summed E-state index contributed by atoms with van der Waals surface area (Å²) in [4.78, 5) is 2.48. The fraction of sp³-hybridized carbons (Fsp3) is 0.600. The van der Waals surface area contributed by atoms with Crippen molar-refractivity contribution in [3.05, 3.63) is 30.3 Å². The zero-order chi connectivity index (χ0) is 13.9. The molecule has 0 amide bonds. The van der Waals surface area contributed by atoms with Gasteiger partial charge < -0.3 is 10.2 Å². The molecule has 0 aliphatic carbocycles. The van der Waals surface area contributed by atoms with E-state index in [0.29, 0.717) is 6.04 Å². The van der Waals surface area contributed by atoms with E-state index in [1.54, 1.807) is 0 Å². The highest BCUT2D eigenvalue weighted by molar-refractivity contribution is 7.13. The Balaban J connectivity index is 0.000000861. The molecule has 4 heteroatoms. The second kappa shape index (κ2) is 10.2. The quantitative estimate of drug-likeness (QED) is 0.642. The number of nitrogens with zero attached hydrogens (tertiary/aromatic N) is 1. The SMILES string of the molecule is CC.PNCCNC1CCN(c2ccccc2)CC1. The third-order valence-corrected chi connectivity index (χ3v) is 3.61. The summed E-state index contributed by atoms with van der Waals surface area (Å²) in [6, 6.07) is 11.4. The van der Waals surface area contributed by atoms with Crippen molar-refractivity contribution in [2.45, 2.75) is 32.7 Å². The van der Waals surface area contributed by atoms with Crippen molar-refractivity contribution in [3.63, 3.8) is 0 Å². The number of piperidine rings is 1. The van der Waals surface area contributed by atoms with Crippen molar-refractivity contribution in [1.29, 1.82) is 0 Å². The van der Waals surface area contributed by atoms with E-state index < -0.39 is 0 Å². The summed E-state index contributed by atoms with van der Waals surface area (Å²) in [5.41, 5.74) is 1.36. The summed E-state index contributed by atoms with van der Waals surface area (Å²) < 4.78 is 0. The zero-order valence-corrected chi connectivity index (χ0v) is 13.4. The van der Waals surface area contributed by atoms with Crippen LogP contribution in [0.1, 0.15) is 26.7 Å². The largest absolute Gasteiger partial charge is 0.371 e. The van der Waals surface area contributed by atoms with E-state index in [1.807, 2.05) is 13.8 Å². The lowest BCUT2D eigenvalue weighted by Gasteiger charge is -2.34. The van der Waals surface area contributed by atoms with E-state index in [9.17, 15) is 0 Å². The summed E-state index contributed by atoms with van der Waals surface area (Å²) in [5.74, 6) is 0. The first-order valence-corrected chi connectivity index (χ1v) is 7.95. The first-order valence-electron chi connectivity index (χ1n) is 7.37.